The van der Waals surface area contributed by atoms with Crippen molar-refractivity contribution in [1.82, 2.24) is 29.9 Å². The molecule has 0 radical (unpaired) electrons. The highest BCUT2D eigenvalue weighted by Gasteiger charge is 2.11. The third-order valence-corrected chi connectivity index (χ3v) is 3.63. The minimum atomic E-state index is -0.161. The number of hydrogen-bond donors (Lipinski definition) is 1. The van der Waals surface area contributed by atoms with E-state index in [2.05, 4.69) is 20.3 Å². The predicted molar refractivity (Wildman–Crippen MR) is 91.5 cm³/mol. The van der Waals surface area contributed by atoms with Gasteiger partial charge < -0.3 is 5.11 Å². The van der Waals surface area contributed by atoms with E-state index in [1.807, 2.05) is 48.5 Å². The van der Waals surface area contributed by atoms with Crippen molar-refractivity contribution in [3.63, 3.8) is 0 Å². The summed E-state index contributed by atoms with van der Waals surface area (Å²) in [7, 11) is 0. The molecule has 0 unspecified atom stereocenters. The highest BCUT2D eigenvalue weighted by atomic mass is 16.3. The fourth-order valence-electron chi connectivity index (χ4n) is 2.44. The number of aliphatic hydroxyl groups is 1. The number of aliphatic hydroxyl groups excluding tert-OH is 1. The summed E-state index contributed by atoms with van der Waals surface area (Å²) in [6.07, 6.45) is 5.13. The van der Waals surface area contributed by atoms with E-state index in [9.17, 15) is 5.11 Å². The molecule has 4 aromatic heterocycles. The van der Waals surface area contributed by atoms with Crippen LogP contribution in [0.3, 0.4) is 0 Å². The lowest BCUT2D eigenvalue weighted by molar-refractivity contribution is 0.276. The Morgan fingerprint density at radius 2 is 1.48 bits per heavy atom. The van der Waals surface area contributed by atoms with Crippen molar-refractivity contribution in [2.75, 3.05) is 0 Å². The van der Waals surface area contributed by atoms with E-state index < -0.39 is 0 Å². The maximum atomic E-state index is 9.21. The molecule has 4 aromatic rings. The van der Waals surface area contributed by atoms with E-state index in [4.69, 9.17) is 4.98 Å². The molecule has 4 heterocycles. The summed E-state index contributed by atoms with van der Waals surface area (Å²) in [5.41, 5.74) is 4.19. The lowest BCUT2D eigenvalue weighted by Gasteiger charge is -2.08. The fraction of sp³-hybridized carbons (Fsp3) is 0.0556. The van der Waals surface area contributed by atoms with E-state index in [0.29, 0.717) is 17.1 Å². The maximum absolute atomic E-state index is 9.21. The first-order valence-electron chi connectivity index (χ1n) is 7.71. The zero-order valence-electron chi connectivity index (χ0n) is 13.2. The summed E-state index contributed by atoms with van der Waals surface area (Å²) in [5, 5.41) is 17.2. The van der Waals surface area contributed by atoms with Gasteiger partial charge >= 0.3 is 0 Å². The quantitative estimate of drug-likeness (QED) is 0.617. The van der Waals surface area contributed by atoms with Crippen LogP contribution in [-0.4, -0.2) is 35.1 Å². The van der Waals surface area contributed by atoms with Crippen LogP contribution in [0.2, 0.25) is 0 Å². The molecule has 0 aliphatic heterocycles. The standard InChI is InChI=1S/C18H14N6O/c25-12-13-11-24(23-22-13)14-9-17(15-5-1-3-7-19-15)21-18(10-14)16-6-2-4-8-20-16/h1-11,25H,12H2. The van der Waals surface area contributed by atoms with Gasteiger partial charge in [-0.15, -0.1) is 5.10 Å². The van der Waals surface area contributed by atoms with Crippen LogP contribution in [0.4, 0.5) is 0 Å². The van der Waals surface area contributed by atoms with Crippen molar-refractivity contribution < 1.29 is 5.11 Å². The Labute approximate surface area is 143 Å². The smallest absolute Gasteiger partial charge is 0.109 e. The summed E-state index contributed by atoms with van der Waals surface area (Å²) < 4.78 is 1.60. The first-order valence-corrected chi connectivity index (χ1v) is 7.71. The van der Waals surface area contributed by atoms with Crippen LogP contribution in [0.1, 0.15) is 5.69 Å². The minimum absolute atomic E-state index is 0.161. The summed E-state index contributed by atoms with van der Waals surface area (Å²) in [5.74, 6) is 0. The van der Waals surface area contributed by atoms with Crippen molar-refractivity contribution in [3.8, 4) is 28.5 Å². The Morgan fingerprint density at radius 1 is 0.840 bits per heavy atom. The van der Waals surface area contributed by atoms with Crippen molar-refractivity contribution in [2.45, 2.75) is 6.61 Å². The molecule has 4 rings (SSSR count). The predicted octanol–water partition coefficient (Wildman–Crippen LogP) is 2.28. The average Bonchev–Trinajstić information content (AvgIpc) is 3.18. The third kappa shape index (κ3) is 3.13. The number of nitrogens with zero attached hydrogens (tertiary/aromatic N) is 6. The van der Waals surface area contributed by atoms with Crippen LogP contribution in [0.5, 0.6) is 0 Å². The van der Waals surface area contributed by atoms with E-state index in [-0.39, 0.29) is 6.61 Å². The van der Waals surface area contributed by atoms with E-state index in [1.54, 1.807) is 23.3 Å². The van der Waals surface area contributed by atoms with Crippen LogP contribution < -0.4 is 0 Å². The van der Waals surface area contributed by atoms with Gasteiger partial charge in [-0.3, -0.25) is 9.97 Å². The van der Waals surface area contributed by atoms with Crippen LogP contribution in [0.15, 0.2) is 67.1 Å². The number of pyridine rings is 3. The topological polar surface area (TPSA) is 89.6 Å². The molecule has 1 N–H and O–H groups in total. The van der Waals surface area contributed by atoms with E-state index in [0.717, 1.165) is 17.1 Å². The van der Waals surface area contributed by atoms with Gasteiger partial charge in [-0.1, -0.05) is 17.3 Å². The van der Waals surface area contributed by atoms with Gasteiger partial charge in [0.2, 0.25) is 0 Å². The molecular formula is C18H14N6O. The molecule has 0 aliphatic carbocycles. The Bertz CT molecular complexity index is 927. The normalized spacial score (nSPS) is 10.8. The van der Waals surface area contributed by atoms with Gasteiger partial charge in [-0.25, -0.2) is 9.67 Å². The number of rotatable bonds is 4. The molecule has 0 spiro atoms. The Balaban J connectivity index is 1.89. The summed E-state index contributed by atoms with van der Waals surface area (Å²) in [6, 6.07) is 15.1. The van der Waals surface area contributed by atoms with Gasteiger partial charge in [0.05, 0.1) is 41.3 Å². The van der Waals surface area contributed by atoms with Gasteiger partial charge in [0.1, 0.15) is 5.69 Å². The SMILES string of the molecule is OCc1cn(-c2cc(-c3ccccn3)nc(-c3ccccn3)c2)nn1. The molecule has 0 amide bonds. The molecule has 25 heavy (non-hydrogen) atoms. The van der Waals surface area contributed by atoms with Crippen molar-refractivity contribution in [1.29, 1.82) is 0 Å². The zero-order valence-corrected chi connectivity index (χ0v) is 13.2. The van der Waals surface area contributed by atoms with Gasteiger partial charge in [0.25, 0.3) is 0 Å². The summed E-state index contributed by atoms with van der Waals surface area (Å²) in [4.78, 5) is 13.4. The largest absolute Gasteiger partial charge is 0.390 e. The lowest BCUT2D eigenvalue weighted by atomic mass is 10.1. The highest BCUT2D eigenvalue weighted by Crippen LogP contribution is 2.24. The fourth-order valence-corrected chi connectivity index (χ4v) is 2.44. The maximum Gasteiger partial charge on any atom is 0.109 e. The number of aromatic nitrogens is 6. The monoisotopic (exact) mass is 330 g/mol. The van der Waals surface area contributed by atoms with Crippen LogP contribution >= 0.6 is 0 Å². The molecule has 122 valence electrons. The van der Waals surface area contributed by atoms with Crippen LogP contribution in [0, 0.1) is 0 Å². The van der Waals surface area contributed by atoms with Crippen molar-refractivity contribution in [3.05, 3.63) is 72.8 Å². The number of hydrogen-bond acceptors (Lipinski definition) is 6. The molecule has 0 saturated carbocycles. The first kappa shape index (κ1) is 15.1. The molecule has 7 nitrogen and oxygen atoms in total. The highest BCUT2D eigenvalue weighted by molar-refractivity contribution is 5.65. The van der Waals surface area contributed by atoms with Gasteiger partial charge in [-0.05, 0) is 36.4 Å². The van der Waals surface area contributed by atoms with Gasteiger partial charge in [0, 0.05) is 12.4 Å². The third-order valence-electron chi connectivity index (χ3n) is 3.63. The Morgan fingerprint density at radius 3 is 1.96 bits per heavy atom. The molecule has 0 atom stereocenters. The minimum Gasteiger partial charge on any atom is -0.390 e. The second kappa shape index (κ2) is 6.58. The molecule has 0 bridgehead atoms. The van der Waals surface area contributed by atoms with E-state index in [1.165, 1.54) is 0 Å². The lowest BCUT2D eigenvalue weighted by Crippen LogP contribution is -2.00. The van der Waals surface area contributed by atoms with Crippen LogP contribution in [0.25, 0.3) is 28.5 Å². The molecule has 7 heteroatoms. The first-order chi connectivity index (χ1) is 12.3. The second-order valence-electron chi connectivity index (χ2n) is 5.34. The van der Waals surface area contributed by atoms with E-state index >= 15 is 0 Å². The van der Waals surface area contributed by atoms with Crippen molar-refractivity contribution >= 4 is 0 Å². The van der Waals surface area contributed by atoms with Crippen LogP contribution in [-0.2, 0) is 6.61 Å². The molecular weight excluding hydrogens is 316 g/mol. The second-order valence-corrected chi connectivity index (χ2v) is 5.34. The van der Waals surface area contributed by atoms with Gasteiger partial charge in [-0.2, -0.15) is 0 Å². The van der Waals surface area contributed by atoms with Crippen molar-refractivity contribution in [2.24, 2.45) is 0 Å². The average molecular weight is 330 g/mol. The Hall–Kier alpha value is -3.45. The molecule has 0 aliphatic rings. The molecule has 0 saturated heterocycles. The molecule has 0 fully saturated rings. The zero-order chi connectivity index (χ0) is 17.1. The summed E-state index contributed by atoms with van der Waals surface area (Å²) in [6.45, 7) is -0.161. The molecule has 0 aromatic carbocycles. The Kier molecular flexibility index (Phi) is 3.97. The summed E-state index contributed by atoms with van der Waals surface area (Å²) >= 11 is 0. The van der Waals surface area contributed by atoms with Gasteiger partial charge in [0.15, 0.2) is 0 Å².